The van der Waals surface area contributed by atoms with Gasteiger partial charge >= 0.3 is 0 Å². The normalized spacial score (nSPS) is 13.8. The Morgan fingerprint density at radius 1 is 0.906 bits per heavy atom. The minimum Gasteiger partial charge on any atom is -0.335 e. The lowest BCUT2D eigenvalue weighted by Gasteiger charge is -2.27. The van der Waals surface area contributed by atoms with Gasteiger partial charge in [0.2, 0.25) is 0 Å². The number of carbonyl (C=O) groups is 1. The summed E-state index contributed by atoms with van der Waals surface area (Å²) in [6.07, 6.45) is 2.98. The third-order valence-corrected chi connectivity index (χ3v) is 5.80. The molecule has 0 saturated heterocycles. The molecule has 2 heterocycles. The number of amides is 1. The first kappa shape index (κ1) is 19.9. The van der Waals surface area contributed by atoms with Crippen LogP contribution in [0.3, 0.4) is 0 Å². The monoisotopic (exact) mass is 422 g/mol. The van der Waals surface area contributed by atoms with Crippen LogP contribution in [0.2, 0.25) is 0 Å². The van der Waals surface area contributed by atoms with Crippen molar-refractivity contribution in [1.29, 1.82) is 0 Å². The molecule has 4 aromatic rings. The Morgan fingerprint density at radius 3 is 2.41 bits per heavy atom. The lowest BCUT2D eigenvalue weighted by molar-refractivity contribution is 0.0773. The molecule has 5 rings (SSSR count). The lowest BCUT2D eigenvalue weighted by atomic mass is 9.99. The van der Waals surface area contributed by atoms with Crippen LogP contribution in [0.25, 0.3) is 16.5 Å². The smallest absolute Gasteiger partial charge is 0.277 e. The van der Waals surface area contributed by atoms with Gasteiger partial charge < -0.3 is 4.90 Å². The van der Waals surface area contributed by atoms with Crippen LogP contribution >= 0.6 is 0 Å². The molecule has 6 nitrogen and oxygen atoms in total. The Kier molecular flexibility index (Phi) is 5.34. The molecule has 0 bridgehead atoms. The molecule has 1 aromatic heterocycles. The number of benzene rings is 3. The summed E-state index contributed by atoms with van der Waals surface area (Å²) >= 11 is 0. The first-order valence-electron chi connectivity index (χ1n) is 10.6. The highest BCUT2D eigenvalue weighted by molar-refractivity contribution is 5.94. The van der Waals surface area contributed by atoms with E-state index in [9.17, 15) is 9.59 Å². The van der Waals surface area contributed by atoms with Gasteiger partial charge in [0.1, 0.15) is 5.52 Å². The van der Waals surface area contributed by atoms with Crippen molar-refractivity contribution in [2.24, 2.45) is 0 Å². The quantitative estimate of drug-likeness (QED) is 0.502. The topological polar surface area (TPSA) is 68.1 Å². The van der Waals surface area contributed by atoms with Gasteiger partial charge in [-0.3, -0.25) is 9.59 Å². The van der Waals surface area contributed by atoms with Crippen molar-refractivity contribution >= 4 is 22.4 Å². The molecule has 0 aliphatic carbocycles. The van der Waals surface area contributed by atoms with Crippen LogP contribution in [0, 0.1) is 0 Å². The third kappa shape index (κ3) is 3.95. The number of hydrogen-bond acceptors (Lipinski definition) is 4. The molecule has 6 heteroatoms. The Morgan fingerprint density at radius 2 is 1.66 bits per heavy atom. The Hall–Kier alpha value is -4.06. The second-order valence-electron chi connectivity index (χ2n) is 7.86. The summed E-state index contributed by atoms with van der Waals surface area (Å²) in [4.78, 5) is 27.4. The van der Waals surface area contributed by atoms with E-state index in [0.717, 1.165) is 12.0 Å². The second kappa shape index (κ2) is 8.59. The fourth-order valence-corrected chi connectivity index (χ4v) is 4.00. The van der Waals surface area contributed by atoms with E-state index < -0.39 is 0 Å². The van der Waals surface area contributed by atoms with Crippen LogP contribution in [0.15, 0.2) is 89.7 Å². The van der Waals surface area contributed by atoms with Crippen molar-refractivity contribution in [3.05, 3.63) is 112 Å². The summed E-state index contributed by atoms with van der Waals surface area (Å²) in [6.45, 7) is 1.61. The van der Waals surface area contributed by atoms with Crippen molar-refractivity contribution < 1.29 is 4.79 Å². The van der Waals surface area contributed by atoms with Gasteiger partial charge in [-0.2, -0.15) is 0 Å². The SMILES string of the molecule is O=C(c1ccc(Cn2nnc3ccccc3c2=O)cc1)N1CC=C(c2ccccc2)CC1. The highest BCUT2D eigenvalue weighted by Crippen LogP contribution is 2.23. The summed E-state index contributed by atoms with van der Waals surface area (Å²) < 4.78 is 1.35. The van der Waals surface area contributed by atoms with Crippen LogP contribution in [-0.2, 0) is 6.54 Å². The lowest BCUT2D eigenvalue weighted by Crippen LogP contribution is -2.34. The van der Waals surface area contributed by atoms with Gasteiger partial charge in [-0.05, 0) is 47.4 Å². The summed E-state index contributed by atoms with van der Waals surface area (Å²) in [6, 6.07) is 24.8. The number of rotatable bonds is 4. The van der Waals surface area contributed by atoms with E-state index >= 15 is 0 Å². The van der Waals surface area contributed by atoms with Gasteiger partial charge in [0.25, 0.3) is 11.5 Å². The molecule has 0 atom stereocenters. The van der Waals surface area contributed by atoms with E-state index in [2.05, 4.69) is 28.5 Å². The van der Waals surface area contributed by atoms with Crippen LogP contribution in [0.5, 0.6) is 0 Å². The molecule has 1 aliphatic rings. The van der Waals surface area contributed by atoms with Gasteiger partial charge in [-0.25, -0.2) is 4.68 Å². The molecule has 0 saturated carbocycles. The average molecular weight is 422 g/mol. The largest absolute Gasteiger partial charge is 0.335 e. The van der Waals surface area contributed by atoms with Gasteiger partial charge in [-0.15, -0.1) is 5.10 Å². The fourth-order valence-electron chi connectivity index (χ4n) is 4.00. The molecular formula is C26H22N4O2. The van der Waals surface area contributed by atoms with Gasteiger partial charge in [-0.1, -0.05) is 65.9 Å². The number of hydrogen-bond donors (Lipinski definition) is 0. The van der Waals surface area contributed by atoms with Gasteiger partial charge in [0.05, 0.1) is 11.9 Å². The molecular weight excluding hydrogens is 400 g/mol. The van der Waals surface area contributed by atoms with E-state index in [1.54, 1.807) is 12.1 Å². The van der Waals surface area contributed by atoms with Crippen LogP contribution in [0.4, 0.5) is 0 Å². The van der Waals surface area contributed by atoms with Crippen LogP contribution in [-0.4, -0.2) is 38.9 Å². The van der Waals surface area contributed by atoms with Crippen molar-refractivity contribution in [2.45, 2.75) is 13.0 Å². The van der Waals surface area contributed by atoms with Crippen LogP contribution in [0.1, 0.15) is 27.9 Å². The molecule has 0 spiro atoms. The minimum absolute atomic E-state index is 0.0163. The highest BCUT2D eigenvalue weighted by atomic mass is 16.2. The highest BCUT2D eigenvalue weighted by Gasteiger charge is 2.19. The molecule has 0 N–H and O–H groups in total. The molecule has 3 aromatic carbocycles. The maximum absolute atomic E-state index is 12.9. The predicted octanol–water partition coefficient (Wildman–Crippen LogP) is 3.77. The van der Waals surface area contributed by atoms with Crippen molar-refractivity contribution in [3.8, 4) is 0 Å². The predicted molar refractivity (Wildman–Crippen MR) is 124 cm³/mol. The zero-order valence-corrected chi connectivity index (χ0v) is 17.5. The van der Waals surface area contributed by atoms with Crippen LogP contribution < -0.4 is 5.56 Å². The zero-order chi connectivity index (χ0) is 21.9. The van der Waals surface area contributed by atoms with E-state index in [4.69, 9.17) is 0 Å². The zero-order valence-electron chi connectivity index (χ0n) is 17.5. The van der Waals surface area contributed by atoms with E-state index in [1.165, 1.54) is 15.8 Å². The Balaban J connectivity index is 1.28. The number of fused-ring (bicyclic) bond motifs is 1. The number of carbonyl (C=O) groups excluding carboxylic acids is 1. The first-order chi connectivity index (χ1) is 15.7. The second-order valence-corrected chi connectivity index (χ2v) is 7.86. The summed E-state index contributed by atoms with van der Waals surface area (Å²) in [5.74, 6) is 0.0163. The van der Waals surface area contributed by atoms with E-state index in [-0.39, 0.29) is 11.5 Å². The molecule has 0 unspecified atom stereocenters. The molecule has 0 fully saturated rings. The summed E-state index contributed by atoms with van der Waals surface area (Å²) in [5, 5.41) is 8.70. The maximum Gasteiger partial charge on any atom is 0.277 e. The molecule has 158 valence electrons. The van der Waals surface area contributed by atoms with Crippen molar-refractivity contribution in [2.75, 3.05) is 13.1 Å². The van der Waals surface area contributed by atoms with E-state index in [1.807, 2.05) is 59.5 Å². The number of nitrogens with zero attached hydrogens (tertiary/aromatic N) is 4. The van der Waals surface area contributed by atoms with E-state index in [0.29, 0.717) is 36.1 Å². The van der Waals surface area contributed by atoms with Crippen molar-refractivity contribution in [1.82, 2.24) is 19.9 Å². The molecule has 1 amide bonds. The molecule has 1 aliphatic heterocycles. The van der Waals surface area contributed by atoms with Crippen molar-refractivity contribution in [3.63, 3.8) is 0 Å². The standard InChI is InChI=1S/C26H22N4O2/c31-25(29-16-14-21(15-17-29)20-6-2-1-3-7-20)22-12-10-19(11-13-22)18-30-26(32)23-8-4-5-9-24(23)27-28-30/h1-14H,15-18H2. The van der Waals surface area contributed by atoms with Gasteiger partial charge in [0, 0.05) is 18.7 Å². The first-order valence-corrected chi connectivity index (χ1v) is 10.6. The average Bonchev–Trinajstić information content (AvgIpc) is 2.86. The Labute approximate surface area is 185 Å². The fraction of sp³-hybridized carbons (Fsp3) is 0.154. The third-order valence-electron chi connectivity index (χ3n) is 5.80. The number of aromatic nitrogens is 3. The summed E-state index contributed by atoms with van der Waals surface area (Å²) in [5.41, 5.74) is 4.44. The van der Waals surface area contributed by atoms with Gasteiger partial charge in [0.15, 0.2) is 0 Å². The molecule has 32 heavy (non-hydrogen) atoms. The Bertz CT molecular complexity index is 1360. The molecule has 0 radical (unpaired) electrons. The summed E-state index contributed by atoms with van der Waals surface area (Å²) in [7, 11) is 0. The maximum atomic E-state index is 12.9. The minimum atomic E-state index is -0.176.